The molecular formula is C12H12N2O3S. The molecule has 3 rings (SSSR count). The highest BCUT2D eigenvalue weighted by Crippen LogP contribution is 2.35. The van der Waals surface area contributed by atoms with E-state index < -0.39 is 5.97 Å². The number of hydrogen-bond donors (Lipinski definition) is 1. The number of aromatic nitrogens is 2. The maximum Gasteiger partial charge on any atom is 0.306 e. The van der Waals surface area contributed by atoms with Crippen LogP contribution < -0.4 is 5.56 Å². The molecule has 5 nitrogen and oxygen atoms in total. The summed E-state index contributed by atoms with van der Waals surface area (Å²) >= 11 is 1.46. The van der Waals surface area contributed by atoms with Crippen molar-refractivity contribution in [3.05, 3.63) is 27.1 Å². The quantitative estimate of drug-likeness (QED) is 0.839. The van der Waals surface area contributed by atoms with Crippen LogP contribution in [0.1, 0.15) is 16.9 Å². The summed E-state index contributed by atoms with van der Waals surface area (Å²) in [5, 5.41) is 9.74. The van der Waals surface area contributed by atoms with Crippen LogP contribution in [0.25, 0.3) is 10.2 Å². The van der Waals surface area contributed by atoms with Gasteiger partial charge in [0.15, 0.2) is 0 Å². The fraction of sp³-hybridized carbons (Fsp3) is 0.417. The largest absolute Gasteiger partial charge is 0.481 e. The van der Waals surface area contributed by atoms with Gasteiger partial charge in [-0.25, -0.2) is 4.98 Å². The molecule has 0 saturated heterocycles. The third-order valence-corrected chi connectivity index (χ3v) is 4.64. The summed E-state index contributed by atoms with van der Waals surface area (Å²) in [6.45, 7) is 0. The molecule has 1 atom stereocenters. The fourth-order valence-electron chi connectivity index (χ4n) is 2.46. The monoisotopic (exact) mass is 264 g/mol. The van der Waals surface area contributed by atoms with E-state index in [2.05, 4.69) is 4.98 Å². The zero-order chi connectivity index (χ0) is 12.9. The van der Waals surface area contributed by atoms with Gasteiger partial charge in [0.05, 0.1) is 17.6 Å². The highest BCUT2D eigenvalue weighted by atomic mass is 32.1. The molecule has 0 radical (unpaired) electrons. The van der Waals surface area contributed by atoms with Gasteiger partial charge in [-0.15, -0.1) is 11.3 Å². The van der Waals surface area contributed by atoms with E-state index in [4.69, 9.17) is 5.11 Å². The molecule has 94 valence electrons. The second-order valence-electron chi connectivity index (χ2n) is 4.62. The number of aliphatic carboxylic acids is 1. The first-order valence-corrected chi connectivity index (χ1v) is 6.58. The molecule has 0 spiro atoms. The van der Waals surface area contributed by atoms with E-state index in [9.17, 15) is 9.59 Å². The van der Waals surface area contributed by atoms with Gasteiger partial charge in [0.1, 0.15) is 4.83 Å². The second-order valence-corrected chi connectivity index (χ2v) is 5.71. The molecule has 0 aliphatic heterocycles. The molecular weight excluding hydrogens is 252 g/mol. The number of rotatable bonds is 1. The standard InChI is InChI=1S/C12H12N2O3S/c1-14-5-13-10-9(11(14)15)7-3-2-6(12(16)17)4-8(7)18-10/h5-6H,2-4H2,1H3,(H,16,17). The van der Waals surface area contributed by atoms with Crippen molar-refractivity contribution in [1.82, 2.24) is 9.55 Å². The number of aryl methyl sites for hydroxylation is 2. The van der Waals surface area contributed by atoms with Crippen LogP contribution in [0, 0.1) is 5.92 Å². The van der Waals surface area contributed by atoms with Crippen molar-refractivity contribution in [2.75, 3.05) is 0 Å². The molecule has 1 aliphatic carbocycles. The van der Waals surface area contributed by atoms with E-state index in [-0.39, 0.29) is 11.5 Å². The fourth-order valence-corrected chi connectivity index (χ4v) is 3.72. The molecule has 0 saturated carbocycles. The molecule has 2 aromatic heterocycles. The summed E-state index contributed by atoms with van der Waals surface area (Å²) in [4.78, 5) is 29.1. The molecule has 0 bridgehead atoms. The molecule has 1 N–H and O–H groups in total. The Balaban J connectivity index is 2.20. The number of fused-ring (bicyclic) bond motifs is 3. The SMILES string of the molecule is Cn1cnc2sc3c(c2c1=O)CCC(C(=O)O)C3. The van der Waals surface area contributed by atoms with Crippen LogP contribution in [0.4, 0.5) is 0 Å². The number of carbonyl (C=O) groups is 1. The van der Waals surface area contributed by atoms with Gasteiger partial charge in [-0.05, 0) is 24.8 Å². The van der Waals surface area contributed by atoms with Crippen molar-refractivity contribution >= 4 is 27.5 Å². The minimum Gasteiger partial charge on any atom is -0.481 e. The van der Waals surface area contributed by atoms with E-state index in [0.717, 1.165) is 15.3 Å². The first kappa shape index (κ1) is 11.4. The predicted molar refractivity (Wildman–Crippen MR) is 68.0 cm³/mol. The lowest BCUT2D eigenvalue weighted by Crippen LogP contribution is -2.22. The van der Waals surface area contributed by atoms with Crippen molar-refractivity contribution in [3.63, 3.8) is 0 Å². The molecule has 18 heavy (non-hydrogen) atoms. The molecule has 2 heterocycles. The van der Waals surface area contributed by atoms with Crippen molar-refractivity contribution in [3.8, 4) is 0 Å². The highest BCUT2D eigenvalue weighted by molar-refractivity contribution is 7.18. The molecule has 0 amide bonds. The lowest BCUT2D eigenvalue weighted by Gasteiger charge is -2.17. The minimum atomic E-state index is -0.751. The zero-order valence-electron chi connectivity index (χ0n) is 9.84. The van der Waals surface area contributed by atoms with E-state index in [1.807, 2.05) is 0 Å². The van der Waals surface area contributed by atoms with Crippen LogP contribution >= 0.6 is 11.3 Å². The molecule has 0 fully saturated rings. The highest BCUT2D eigenvalue weighted by Gasteiger charge is 2.28. The third kappa shape index (κ3) is 1.56. The van der Waals surface area contributed by atoms with Crippen LogP contribution in [0.3, 0.4) is 0 Å². The smallest absolute Gasteiger partial charge is 0.306 e. The number of nitrogens with zero attached hydrogens (tertiary/aromatic N) is 2. The van der Waals surface area contributed by atoms with Gasteiger partial charge in [-0.3, -0.25) is 9.59 Å². The lowest BCUT2D eigenvalue weighted by atomic mass is 9.88. The topological polar surface area (TPSA) is 72.2 Å². The number of carboxylic acid groups (broad SMARTS) is 1. The van der Waals surface area contributed by atoms with E-state index in [1.54, 1.807) is 7.05 Å². The summed E-state index contributed by atoms with van der Waals surface area (Å²) in [5.74, 6) is -1.08. The number of thiophene rings is 1. The summed E-state index contributed by atoms with van der Waals surface area (Å²) in [7, 11) is 1.68. The molecule has 0 aromatic carbocycles. The Bertz CT molecular complexity index is 701. The van der Waals surface area contributed by atoms with E-state index >= 15 is 0 Å². The van der Waals surface area contributed by atoms with E-state index in [1.165, 1.54) is 22.2 Å². The Hall–Kier alpha value is -1.69. The van der Waals surface area contributed by atoms with Crippen LogP contribution in [0.15, 0.2) is 11.1 Å². The van der Waals surface area contributed by atoms with Crippen molar-refractivity contribution in [1.29, 1.82) is 0 Å². The molecule has 6 heteroatoms. The maximum atomic E-state index is 12.1. The van der Waals surface area contributed by atoms with Gasteiger partial charge >= 0.3 is 5.97 Å². The van der Waals surface area contributed by atoms with Gasteiger partial charge in [0, 0.05) is 11.9 Å². The van der Waals surface area contributed by atoms with Crippen LogP contribution in [0.2, 0.25) is 0 Å². The molecule has 1 aliphatic rings. The average Bonchev–Trinajstić information content (AvgIpc) is 2.71. The summed E-state index contributed by atoms with van der Waals surface area (Å²) in [6, 6.07) is 0. The normalized spacial score (nSPS) is 18.8. The summed E-state index contributed by atoms with van der Waals surface area (Å²) in [5.41, 5.74) is 0.979. The van der Waals surface area contributed by atoms with Gasteiger partial charge in [0.25, 0.3) is 5.56 Å². The minimum absolute atomic E-state index is 0.0359. The van der Waals surface area contributed by atoms with Crippen LogP contribution in [0.5, 0.6) is 0 Å². The Morgan fingerprint density at radius 2 is 2.39 bits per heavy atom. The lowest BCUT2D eigenvalue weighted by molar-refractivity contribution is -0.142. The van der Waals surface area contributed by atoms with Crippen molar-refractivity contribution in [2.24, 2.45) is 13.0 Å². The average molecular weight is 264 g/mol. The first-order valence-electron chi connectivity index (χ1n) is 5.76. The van der Waals surface area contributed by atoms with Crippen molar-refractivity contribution in [2.45, 2.75) is 19.3 Å². The molecule has 2 aromatic rings. The Morgan fingerprint density at radius 3 is 3.11 bits per heavy atom. The zero-order valence-corrected chi connectivity index (χ0v) is 10.7. The summed E-state index contributed by atoms with van der Waals surface area (Å²) in [6.07, 6.45) is 3.30. The predicted octanol–water partition coefficient (Wildman–Crippen LogP) is 1.18. The second kappa shape index (κ2) is 3.91. The Kier molecular flexibility index (Phi) is 2.48. The van der Waals surface area contributed by atoms with Crippen LogP contribution in [-0.2, 0) is 24.7 Å². The third-order valence-electron chi connectivity index (χ3n) is 3.48. The molecule has 1 unspecified atom stereocenters. The van der Waals surface area contributed by atoms with E-state index in [0.29, 0.717) is 24.6 Å². The number of hydrogen-bond acceptors (Lipinski definition) is 4. The van der Waals surface area contributed by atoms with Gasteiger partial charge < -0.3 is 9.67 Å². The van der Waals surface area contributed by atoms with Gasteiger partial charge in [0.2, 0.25) is 0 Å². The Morgan fingerprint density at radius 1 is 1.61 bits per heavy atom. The van der Waals surface area contributed by atoms with Gasteiger partial charge in [-0.1, -0.05) is 0 Å². The van der Waals surface area contributed by atoms with Crippen molar-refractivity contribution < 1.29 is 9.90 Å². The number of carboxylic acids is 1. The first-order chi connectivity index (χ1) is 8.58. The van der Waals surface area contributed by atoms with Crippen LogP contribution in [-0.4, -0.2) is 20.6 Å². The Labute approximate surface area is 107 Å². The summed E-state index contributed by atoms with van der Waals surface area (Å²) < 4.78 is 1.47. The maximum absolute atomic E-state index is 12.1. The van der Waals surface area contributed by atoms with Gasteiger partial charge in [-0.2, -0.15) is 0 Å².